The molecule has 0 saturated heterocycles. The molecule has 0 bridgehead atoms. The first kappa shape index (κ1) is 17.8. The highest BCUT2D eigenvalue weighted by molar-refractivity contribution is 7.71. The predicted molar refractivity (Wildman–Crippen MR) is 85.9 cm³/mol. The van der Waals surface area contributed by atoms with Gasteiger partial charge in [0.25, 0.3) is 0 Å². The van der Waals surface area contributed by atoms with Gasteiger partial charge in [0.2, 0.25) is 5.52 Å². The highest BCUT2D eigenvalue weighted by Crippen LogP contribution is 2.59. The number of benzene rings is 1. The van der Waals surface area contributed by atoms with Crippen LogP contribution in [0.5, 0.6) is 0 Å². The number of aromatic nitrogens is 1. The fourth-order valence-corrected chi connectivity index (χ4v) is 4.18. The SMILES string of the molecule is Cc1cccc(-c2ccnc(NC(P(=O)(O)O)P(=O)(O)O)c2)c1. The molecule has 0 aliphatic rings. The highest BCUT2D eigenvalue weighted by atomic mass is 31.2. The van der Waals surface area contributed by atoms with E-state index < -0.39 is 20.7 Å². The second kappa shape index (κ2) is 6.53. The maximum absolute atomic E-state index is 11.3. The number of anilines is 1. The van der Waals surface area contributed by atoms with Gasteiger partial charge in [-0.3, -0.25) is 9.13 Å². The topological polar surface area (TPSA) is 140 Å². The Morgan fingerprint density at radius 3 is 2.17 bits per heavy atom. The molecular weight excluding hydrogens is 342 g/mol. The minimum absolute atomic E-state index is 0.0411. The molecule has 2 rings (SSSR count). The summed E-state index contributed by atoms with van der Waals surface area (Å²) in [5.74, 6) is -0.0411. The quantitative estimate of drug-likeness (QED) is 0.512. The van der Waals surface area contributed by atoms with E-state index in [-0.39, 0.29) is 5.82 Å². The van der Waals surface area contributed by atoms with Crippen LogP contribution in [0.1, 0.15) is 5.56 Å². The van der Waals surface area contributed by atoms with Gasteiger partial charge in [-0.05, 0) is 30.2 Å². The summed E-state index contributed by atoms with van der Waals surface area (Å²) < 4.78 is 22.6. The summed E-state index contributed by atoms with van der Waals surface area (Å²) in [5, 5.41) is 2.15. The molecule has 1 heterocycles. The van der Waals surface area contributed by atoms with Crippen LogP contribution in [0.25, 0.3) is 11.1 Å². The Balaban J connectivity index is 2.36. The number of hydrogen-bond donors (Lipinski definition) is 5. The Bertz CT molecular complexity index is 779. The van der Waals surface area contributed by atoms with E-state index >= 15 is 0 Å². The Labute approximate surface area is 132 Å². The predicted octanol–water partition coefficient (Wildman–Crippen LogP) is 2.11. The van der Waals surface area contributed by atoms with Crippen LogP contribution in [-0.4, -0.2) is 30.1 Å². The number of aryl methyl sites for hydroxylation is 1. The maximum Gasteiger partial charge on any atom is 0.360 e. The Morgan fingerprint density at radius 2 is 1.61 bits per heavy atom. The molecule has 1 aromatic carbocycles. The van der Waals surface area contributed by atoms with Crippen LogP contribution in [0.3, 0.4) is 0 Å². The molecule has 0 amide bonds. The number of nitrogens with zero attached hydrogens (tertiary/aromatic N) is 1. The monoisotopic (exact) mass is 358 g/mol. The molecule has 0 aliphatic heterocycles. The van der Waals surface area contributed by atoms with Crippen molar-refractivity contribution in [1.82, 2.24) is 4.98 Å². The molecular formula is C13H16N2O6P2. The lowest BCUT2D eigenvalue weighted by atomic mass is 10.0. The summed E-state index contributed by atoms with van der Waals surface area (Å²) in [7, 11) is -10.1. The van der Waals surface area contributed by atoms with Crippen molar-refractivity contribution < 1.29 is 28.7 Å². The van der Waals surface area contributed by atoms with E-state index in [0.717, 1.165) is 11.1 Å². The van der Waals surface area contributed by atoms with Crippen molar-refractivity contribution >= 4 is 21.0 Å². The Kier molecular flexibility index (Phi) is 5.06. The first-order valence-electron chi connectivity index (χ1n) is 6.47. The zero-order valence-electron chi connectivity index (χ0n) is 12.1. The molecule has 0 radical (unpaired) electrons. The minimum atomic E-state index is -5.07. The maximum atomic E-state index is 11.3. The van der Waals surface area contributed by atoms with Crippen molar-refractivity contribution in [3.8, 4) is 11.1 Å². The molecule has 0 atom stereocenters. The van der Waals surface area contributed by atoms with E-state index in [1.54, 1.807) is 6.07 Å². The van der Waals surface area contributed by atoms with Gasteiger partial charge < -0.3 is 24.9 Å². The fourth-order valence-electron chi connectivity index (χ4n) is 2.01. The van der Waals surface area contributed by atoms with E-state index in [4.69, 9.17) is 19.6 Å². The second-order valence-corrected chi connectivity index (χ2v) is 8.79. The average molecular weight is 358 g/mol. The van der Waals surface area contributed by atoms with E-state index in [1.165, 1.54) is 12.3 Å². The van der Waals surface area contributed by atoms with Gasteiger partial charge in [0, 0.05) is 6.20 Å². The van der Waals surface area contributed by atoms with Gasteiger partial charge in [-0.25, -0.2) is 4.98 Å². The standard InChI is InChI=1S/C13H16N2O6P2/c1-9-3-2-4-10(7-9)11-5-6-14-12(8-11)15-13(22(16,17)18)23(19,20)21/h2-8,13H,1H3,(H,14,15)(H2,16,17,18)(H2,19,20,21). The van der Waals surface area contributed by atoms with Gasteiger partial charge in [0.1, 0.15) is 5.82 Å². The number of rotatable bonds is 5. The first-order valence-corrected chi connectivity index (χ1v) is 9.84. The summed E-state index contributed by atoms with van der Waals surface area (Å²) in [6.45, 7) is 1.92. The van der Waals surface area contributed by atoms with Crippen molar-refractivity contribution in [3.63, 3.8) is 0 Å². The van der Waals surface area contributed by atoms with Gasteiger partial charge in [0.15, 0.2) is 0 Å². The summed E-state index contributed by atoms with van der Waals surface area (Å²) in [5.41, 5.74) is 0.230. The molecule has 0 unspecified atom stereocenters. The van der Waals surface area contributed by atoms with Crippen molar-refractivity contribution in [2.75, 3.05) is 5.32 Å². The number of nitrogens with one attached hydrogen (secondary N) is 1. The van der Waals surface area contributed by atoms with Crippen molar-refractivity contribution in [1.29, 1.82) is 0 Å². The summed E-state index contributed by atoms with van der Waals surface area (Å²) in [6, 6.07) is 10.7. The minimum Gasteiger partial charge on any atom is -0.346 e. The third-order valence-electron chi connectivity index (χ3n) is 3.03. The third-order valence-corrected chi connectivity index (χ3v) is 6.36. The lowest BCUT2D eigenvalue weighted by Crippen LogP contribution is -2.20. The summed E-state index contributed by atoms with van der Waals surface area (Å²) >= 11 is 0. The Hall–Kier alpha value is -1.53. The average Bonchev–Trinajstić information content (AvgIpc) is 2.43. The molecule has 0 spiro atoms. The molecule has 5 N–H and O–H groups in total. The van der Waals surface area contributed by atoms with E-state index in [0.29, 0.717) is 5.56 Å². The molecule has 10 heteroatoms. The first-order chi connectivity index (χ1) is 10.6. The van der Waals surface area contributed by atoms with Crippen LogP contribution in [0.2, 0.25) is 0 Å². The lowest BCUT2D eigenvalue weighted by molar-refractivity contribution is 0.343. The highest BCUT2D eigenvalue weighted by Gasteiger charge is 2.43. The van der Waals surface area contributed by atoms with Crippen LogP contribution in [0, 0.1) is 6.92 Å². The van der Waals surface area contributed by atoms with Crippen LogP contribution >= 0.6 is 15.2 Å². The summed E-state index contributed by atoms with van der Waals surface area (Å²) in [6.07, 6.45) is 1.39. The van der Waals surface area contributed by atoms with Crippen LogP contribution in [-0.2, 0) is 9.13 Å². The van der Waals surface area contributed by atoms with Gasteiger partial charge in [-0.2, -0.15) is 0 Å². The third kappa shape index (κ3) is 4.72. The molecule has 1 aromatic heterocycles. The molecule has 2 aromatic rings. The van der Waals surface area contributed by atoms with Gasteiger partial charge in [-0.1, -0.05) is 29.8 Å². The van der Waals surface area contributed by atoms with E-state index in [2.05, 4.69) is 10.3 Å². The van der Waals surface area contributed by atoms with Gasteiger partial charge in [0.05, 0.1) is 0 Å². The van der Waals surface area contributed by atoms with Crippen molar-refractivity contribution in [2.24, 2.45) is 0 Å². The molecule has 23 heavy (non-hydrogen) atoms. The molecule has 0 saturated carbocycles. The Morgan fingerprint density at radius 1 is 1.00 bits per heavy atom. The normalized spacial score (nSPS) is 12.4. The zero-order valence-corrected chi connectivity index (χ0v) is 13.9. The largest absolute Gasteiger partial charge is 0.360 e. The molecule has 0 aliphatic carbocycles. The lowest BCUT2D eigenvalue weighted by Gasteiger charge is -2.21. The zero-order chi connectivity index (χ0) is 17.3. The van der Waals surface area contributed by atoms with Gasteiger partial charge in [-0.15, -0.1) is 0 Å². The molecule has 0 fully saturated rings. The van der Waals surface area contributed by atoms with Crippen molar-refractivity contribution in [3.05, 3.63) is 48.2 Å². The molecule has 8 nitrogen and oxygen atoms in total. The fraction of sp³-hybridized carbons (Fsp3) is 0.154. The summed E-state index contributed by atoms with van der Waals surface area (Å²) in [4.78, 5) is 40.4. The van der Waals surface area contributed by atoms with E-state index in [9.17, 15) is 9.13 Å². The smallest absolute Gasteiger partial charge is 0.346 e. The van der Waals surface area contributed by atoms with Crippen LogP contribution in [0.15, 0.2) is 42.6 Å². The van der Waals surface area contributed by atoms with Crippen molar-refractivity contribution in [2.45, 2.75) is 12.4 Å². The van der Waals surface area contributed by atoms with Crippen LogP contribution < -0.4 is 5.32 Å². The number of hydrogen-bond acceptors (Lipinski definition) is 4. The number of pyridine rings is 1. The van der Waals surface area contributed by atoms with Crippen LogP contribution in [0.4, 0.5) is 5.82 Å². The van der Waals surface area contributed by atoms with Gasteiger partial charge >= 0.3 is 15.2 Å². The van der Waals surface area contributed by atoms with E-state index in [1.807, 2.05) is 31.2 Å². The molecule has 124 valence electrons. The second-order valence-electron chi connectivity index (χ2n) is 5.00.